The van der Waals surface area contributed by atoms with Crippen LogP contribution in [0.3, 0.4) is 0 Å². The standard InChI is InChI=1S/C37H42N8O6/c1-26-9-7-12-30-33(26)43(37(48)51-25-27-10-3-2-4-11-27)16-15-42(30)31-21-28-22-38-36(40-29-23-39-45(24-29)32-13-5-6-19-50-32)41-34(28)44(35(31)47)14-8-18-49-20-17-46/h2-4,7,9-12,21-24,32,46H,5-6,8,13-20,25H2,1H3,(H,38,40,41). The van der Waals surface area contributed by atoms with E-state index in [1.807, 2.05) is 72.6 Å². The van der Waals surface area contributed by atoms with Gasteiger partial charge in [0, 0.05) is 44.4 Å². The monoisotopic (exact) mass is 694 g/mol. The minimum absolute atomic E-state index is 0.0747. The molecule has 14 heteroatoms. The first-order valence-corrected chi connectivity index (χ1v) is 17.4. The van der Waals surface area contributed by atoms with Crippen molar-refractivity contribution in [2.24, 2.45) is 0 Å². The number of carbonyl (C=O) groups is 1. The van der Waals surface area contributed by atoms with Gasteiger partial charge in [-0.15, -0.1) is 0 Å². The van der Waals surface area contributed by atoms with Crippen LogP contribution in [0.15, 0.2) is 78.0 Å². The van der Waals surface area contributed by atoms with Gasteiger partial charge in [0.25, 0.3) is 5.56 Å². The number of ether oxygens (including phenoxy) is 3. The fraction of sp³-hybridized carbons (Fsp3) is 0.378. The average molecular weight is 695 g/mol. The predicted molar refractivity (Wildman–Crippen MR) is 193 cm³/mol. The smallest absolute Gasteiger partial charge is 0.414 e. The highest BCUT2D eigenvalue weighted by molar-refractivity contribution is 5.97. The van der Waals surface area contributed by atoms with Crippen LogP contribution in [0.25, 0.3) is 11.0 Å². The van der Waals surface area contributed by atoms with Crippen LogP contribution in [0.5, 0.6) is 0 Å². The van der Waals surface area contributed by atoms with Crippen LogP contribution in [-0.2, 0) is 27.4 Å². The third-order valence-electron chi connectivity index (χ3n) is 9.06. The zero-order valence-electron chi connectivity index (χ0n) is 28.6. The lowest BCUT2D eigenvalue weighted by molar-refractivity contribution is -0.0394. The number of para-hydroxylation sites is 1. The number of rotatable bonds is 12. The van der Waals surface area contributed by atoms with Gasteiger partial charge in [-0.1, -0.05) is 42.5 Å². The van der Waals surface area contributed by atoms with Crippen molar-refractivity contribution in [1.29, 1.82) is 0 Å². The van der Waals surface area contributed by atoms with Crippen molar-refractivity contribution in [2.45, 2.75) is 52.0 Å². The lowest BCUT2D eigenvalue weighted by Crippen LogP contribution is -2.44. The Morgan fingerprint density at radius 1 is 1.06 bits per heavy atom. The lowest BCUT2D eigenvalue weighted by atomic mass is 10.1. The number of aliphatic hydroxyl groups excluding tert-OH is 1. The van der Waals surface area contributed by atoms with E-state index in [2.05, 4.69) is 15.4 Å². The summed E-state index contributed by atoms with van der Waals surface area (Å²) < 4.78 is 20.5. The van der Waals surface area contributed by atoms with Crippen molar-refractivity contribution in [3.05, 3.63) is 94.7 Å². The van der Waals surface area contributed by atoms with Gasteiger partial charge in [0.1, 0.15) is 24.2 Å². The molecule has 0 aliphatic carbocycles. The molecule has 1 atom stereocenters. The summed E-state index contributed by atoms with van der Waals surface area (Å²) >= 11 is 0. The molecule has 2 N–H and O–H groups in total. The summed E-state index contributed by atoms with van der Waals surface area (Å²) in [6.07, 6.45) is 8.31. The molecule has 0 saturated carbocycles. The van der Waals surface area contributed by atoms with E-state index in [1.54, 1.807) is 26.5 Å². The Hall–Kier alpha value is -5.31. The first-order valence-electron chi connectivity index (χ1n) is 17.4. The molecule has 0 radical (unpaired) electrons. The van der Waals surface area contributed by atoms with Crippen molar-refractivity contribution >= 4 is 45.8 Å². The fourth-order valence-corrected chi connectivity index (χ4v) is 6.59. The number of benzene rings is 2. The normalized spacial score (nSPS) is 15.9. The van der Waals surface area contributed by atoms with Gasteiger partial charge in [-0.25, -0.2) is 14.5 Å². The van der Waals surface area contributed by atoms with Crippen LogP contribution in [0.1, 0.15) is 43.0 Å². The molecule has 3 aromatic heterocycles. The maximum Gasteiger partial charge on any atom is 0.414 e. The van der Waals surface area contributed by atoms with Crippen molar-refractivity contribution in [1.82, 2.24) is 24.3 Å². The van der Waals surface area contributed by atoms with Gasteiger partial charge in [0.15, 0.2) is 0 Å². The summed E-state index contributed by atoms with van der Waals surface area (Å²) in [5, 5.41) is 17.5. The number of pyridine rings is 1. The van der Waals surface area contributed by atoms with Crippen LogP contribution in [-0.4, -0.2) is 75.0 Å². The van der Waals surface area contributed by atoms with E-state index in [0.29, 0.717) is 73.3 Å². The number of aromatic nitrogens is 5. The first-order chi connectivity index (χ1) is 25.0. The fourth-order valence-electron chi connectivity index (χ4n) is 6.59. The molecule has 51 heavy (non-hydrogen) atoms. The van der Waals surface area contributed by atoms with Gasteiger partial charge in [-0.2, -0.15) is 10.1 Å². The first kappa shape index (κ1) is 34.2. The molecule has 14 nitrogen and oxygen atoms in total. The number of fused-ring (bicyclic) bond motifs is 2. The summed E-state index contributed by atoms with van der Waals surface area (Å²) in [6, 6.07) is 17.2. The third-order valence-corrected chi connectivity index (χ3v) is 9.06. The summed E-state index contributed by atoms with van der Waals surface area (Å²) in [5.41, 5.74) is 4.60. The zero-order valence-corrected chi connectivity index (χ0v) is 28.6. The molecule has 2 aliphatic rings. The summed E-state index contributed by atoms with van der Waals surface area (Å²) in [7, 11) is 0. The Morgan fingerprint density at radius 2 is 1.94 bits per heavy atom. The number of aryl methyl sites for hydroxylation is 2. The van der Waals surface area contributed by atoms with Crippen molar-refractivity contribution in [3.8, 4) is 0 Å². The molecule has 0 bridgehead atoms. The van der Waals surface area contributed by atoms with Crippen LogP contribution >= 0.6 is 0 Å². The molecule has 2 aliphatic heterocycles. The minimum Gasteiger partial charge on any atom is -0.444 e. The van der Waals surface area contributed by atoms with E-state index >= 15 is 0 Å². The molecular formula is C37H42N8O6. The van der Waals surface area contributed by atoms with E-state index in [9.17, 15) is 9.59 Å². The number of nitrogens with one attached hydrogen (secondary N) is 1. The predicted octanol–water partition coefficient (Wildman–Crippen LogP) is 5.43. The van der Waals surface area contributed by atoms with Gasteiger partial charge in [-0.3, -0.25) is 14.3 Å². The Labute approximate surface area is 295 Å². The maximum absolute atomic E-state index is 14.4. The minimum atomic E-state index is -0.446. The van der Waals surface area contributed by atoms with Crippen molar-refractivity contribution in [3.63, 3.8) is 0 Å². The zero-order chi connectivity index (χ0) is 35.2. The molecule has 1 saturated heterocycles. The molecule has 1 fully saturated rings. The second-order valence-electron chi connectivity index (χ2n) is 12.6. The largest absolute Gasteiger partial charge is 0.444 e. The van der Waals surface area contributed by atoms with E-state index in [1.165, 1.54) is 0 Å². The number of amides is 1. The number of carbonyl (C=O) groups excluding carboxylic acids is 1. The maximum atomic E-state index is 14.4. The van der Waals surface area contributed by atoms with Gasteiger partial charge in [-0.05, 0) is 55.9 Å². The molecule has 1 amide bonds. The Bertz CT molecular complexity index is 2030. The molecular weight excluding hydrogens is 652 g/mol. The summed E-state index contributed by atoms with van der Waals surface area (Å²) in [5.74, 6) is 0.327. The molecule has 2 aromatic carbocycles. The van der Waals surface area contributed by atoms with Gasteiger partial charge < -0.3 is 29.5 Å². The highest BCUT2D eigenvalue weighted by Gasteiger charge is 2.32. The average Bonchev–Trinajstić information content (AvgIpc) is 3.63. The Balaban J connectivity index is 1.19. The SMILES string of the molecule is Cc1cccc2c1N(C(=O)OCc1ccccc1)CCN2c1cc2cnc(Nc3cnn(C4CCCCO4)c3)nc2n(CCCOCCO)c1=O. The molecule has 7 rings (SSSR count). The quantitative estimate of drug-likeness (QED) is 0.161. The van der Waals surface area contributed by atoms with Crippen LogP contribution in [0.2, 0.25) is 0 Å². The number of nitrogens with zero attached hydrogens (tertiary/aromatic N) is 7. The molecule has 266 valence electrons. The number of aliphatic hydroxyl groups is 1. The Morgan fingerprint density at radius 3 is 2.76 bits per heavy atom. The highest BCUT2D eigenvalue weighted by Crippen LogP contribution is 2.40. The molecule has 5 heterocycles. The van der Waals surface area contributed by atoms with Crippen molar-refractivity contribution < 1.29 is 24.1 Å². The molecule has 1 unspecified atom stereocenters. The number of anilines is 5. The summed E-state index contributed by atoms with van der Waals surface area (Å²) in [6.45, 7) is 4.34. The van der Waals surface area contributed by atoms with E-state index in [-0.39, 0.29) is 31.6 Å². The lowest BCUT2D eigenvalue weighted by Gasteiger charge is -2.38. The second kappa shape index (κ2) is 15.7. The number of hydrogen-bond donors (Lipinski definition) is 2. The van der Waals surface area contributed by atoms with Crippen LogP contribution in [0, 0.1) is 6.92 Å². The van der Waals surface area contributed by atoms with E-state index < -0.39 is 6.09 Å². The third kappa shape index (κ3) is 7.58. The highest BCUT2D eigenvalue weighted by atomic mass is 16.6. The molecule has 0 spiro atoms. The molecule has 5 aromatic rings. The topological polar surface area (TPSA) is 149 Å². The van der Waals surface area contributed by atoms with Gasteiger partial charge in [0.05, 0.1) is 42.7 Å². The van der Waals surface area contributed by atoms with E-state index in [0.717, 1.165) is 36.1 Å². The van der Waals surface area contributed by atoms with E-state index in [4.69, 9.17) is 24.3 Å². The van der Waals surface area contributed by atoms with Crippen molar-refractivity contribution in [2.75, 3.05) is 54.6 Å². The summed E-state index contributed by atoms with van der Waals surface area (Å²) in [4.78, 5) is 40.9. The van der Waals surface area contributed by atoms with Gasteiger partial charge >= 0.3 is 6.09 Å². The second-order valence-corrected chi connectivity index (χ2v) is 12.6. The number of hydrogen-bond acceptors (Lipinski definition) is 11. The van der Waals surface area contributed by atoms with Crippen LogP contribution < -0.4 is 20.7 Å². The van der Waals surface area contributed by atoms with Crippen LogP contribution in [0.4, 0.5) is 33.5 Å². The van der Waals surface area contributed by atoms with Gasteiger partial charge in [0.2, 0.25) is 5.95 Å². The Kier molecular flexibility index (Phi) is 10.5.